The molecule has 2 aromatic carbocycles. The second kappa shape index (κ2) is 10.2. The molecule has 0 spiro atoms. The van der Waals surface area contributed by atoms with E-state index in [9.17, 15) is 14.4 Å². The van der Waals surface area contributed by atoms with Gasteiger partial charge in [0.05, 0.1) is 4.91 Å². The molecule has 2 heterocycles. The predicted octanol–water partition coefficient (Wildman–Crippen LogP) is 4.97. The molecule has 166 valence electrons. The third kappa shape index (κ3) is 5.53. The summed E-state index contributed by atoms with van der Waals surface area (Å²) in [4.78, 5) is 40.6. The summed E-state index contributed by atoms with van der Waals surface area (Å²) in [6.45, 7) is 1.58. The maximum atomic E-state index is 12.7. The topological polar surface area (TPSA) is 66.9 Å². The Hall–Kier alpha value is -2.77. The average molecular weight is 471 g/mol. The molecule has 8 heteroatoms. The molecule has 0 aliphatic carbocycles. The van der Waals surface area contributed by atoms with Crippen molar-refractivity contribution in [2.75, 3.05) is 19.6 Å². The SMILES string of the molecule is O=C(CN1C(=O)S/C(=C\c2ccc(OCc3cccc(Cl)c3)cc2)C1=O)N1CCCCC1. The van der Waals surface area contributed by atoms with Crippen molar-refractivity contribution in [1.82, 2.24) is 9.80 Å². The van der Waals surface area contributed by atoms with E-state index in [0.717, 1.165) is 47.1 Å². The second-order valence-electron chi connectivity index (χ2n) is 7.70. The lowest BCUT2D eigenvalue weighted by Gasteiger charge is -2.27. The lowest BCUT2D eigenvalue weighted by molar-refractivity contribution is -0.136. The van der Waals surface area contributed by atoms with Gasteiger partial charge in [-0.1, -0.05) is 35.9 Å². The van der Waals surface area contributed by atoms with E-state index in [1.54, 1.807) is 23.1 Å². The molecule has 0 aromatic heterocycles. The minimum atomic E-state index is -0.424. The van der Waals surface area contributed by atoms with Gasteiger partial charge < -0.3 is 9.64 Å². The lowest BCUT2D eigenvalue weighted by Crippen LogP contribution is -2.44. The highest BCUT2D eigenvalue weighted by molar-refractivity contribution is 8.18. The van der Waals surface area contributed by atoms with E-state index in [2.05, 4.69) is 0 Å². The summed E-state index contributed by atoms with van der Waals surface area (Å²) >= 11 is 6.85. The molecule has 2 aliphatic heterocycles. The number of nitrogens with zero attached hydrogens (tertiary/aromatic N) is 2. The molecule has 2 aliphatic rings. The van der Waals surface area contributed by atoms with Crippen LogP contribution in [0.15, 0.2) is 53.4 Å². The standard InChI is InChI=1S/C24H23ClN2O4S/c25-19-6-4-5-18(13-19)16-31-20-9-7-17(8-10-20)14-21-23(29)27(24(30)32-21)15-22(28)26-11-2-1-3-12-26/h4-10,13-14H,1-3,11-12,15-16H2/b21-14-. The molecule has 0 atom stereocenters. The van der Waals surface area contributed by atoms with Gasteiger partial charge in [-0.2, -0.15) is 0 Å². The number of ether oxygens (including phenoxy) is 1. The minimum absolute atomic E-state index is 0.172. The second-order valence-corrected chi connectivity index (χ2v) is 9.13. The molecule has 32 heavy (non-hydrogen) atoms. The fraction of sp³-hybridized carbons (Fsp3) is 0.292. The van der Waals surface area contributed by atoms with E-state index in [-0.39, 0.29) is 12.5 Å². The quantitative estimate of drug-likeness (QED) is 0.558. The van der Waals surface area contributed by atoms with Crippen molar-refractivity contribution >= 4 is 46.5 Å². The molecule has 2 aromatic rings. The van der Waals surface area contributed by atoms with Crippen LogP contribution in [0.4, 0.5) is 4.79 Å². The van der Waals surface area contributed by atoms with E-state index in [4.69, 9.17) is 16.3 Å². The van der Waals surface area contributed by atoms with E-state index >= 15 is 0 Å². The number of benzene rings is 2. The molecule has 2 saturated heterocycles. The molecule has 0 bridgehead atoms. The van der Waals surface area contributed by atoms with Gasteiger partial charge in [0, 0.05) is 18.1 Å². The maximum Gasteiger partial charge on any atom is 0.294 e. The van der Waals surface area contributed by atoms with Crippen LogP contribution in [-0.4, -0.2) is 46.5 Å². The molecule has 0 unspecified atom stereocenters. The highest BCUT2D eigenvalue weighted by atomic mass is 35.5. The summed E-state index contributed by atoms with van der Waals surface area (Å²) in [6, 6.07) is 14.7. The van der Waals surface area contributed by atoms with Crippen LogP contribution in [0.5, 0.6) is 5.75 Å². The number of carbonyl (C=O) groups excluding carboxylic acids is 3. The highest BCUT2D eigenvalue weighted by Gasteiger charge is 2.37. The predicted molar refractivity (Wildman–Crippen MR) is 125 cm³/mol. The Balaban J connectivity index is 1.36. The zero-order valence-electron chi connectivity index (χ0n) is 17.5. The average Bonchev–Trinajstić information content (AvgIpc) is 3.06. The number of amides is 3. The summed E-state index contributed by atoms with van der Waals surface area (Å²) in [5, 5.41) is 0.251. The van der Waals surface area contributed by atoms with Gasteiger partial charge in [-0.05, 0) is 72.5 Å². The van der Waals surface area contributed by atoms with Crippen LogP contribution in [0.3, 0.4) is 0 Å². The van der Waals surface area contributed by atoms with Crippen molar-refractivity contribution in [1.29, 1.82) is 0 Å². The largest absolute Gasteiger partial charge is 0.489 e. The number of thioether (sulfide) groups is 1. The van der Waals surface area contributed by atoms with Crippen LogP contribution in [0.25, 0.3) is 6.08 Å². The first kappa shape index (κ1) is 22.4. The van der Waals surface area contributed by atoms with Crippen LogP contribution < -0.4 is 4.74 Å². The number of likely N-dealkylation sites (tertiary alicyclic amines) is 1. The summed E-state index contributed by atoms with van der Waals surface area (Å²) in [5.41, 5.74) is 1.74. The number of imide groups is 1. The molecular weight excluding hydrogens is 448 g/mol. The molecule has 0 radical (unpaired) electrons. The lowest BCUT2D eigenvalue weighted by atomic mass is 10.1. The monoisotopic (exact) mass is 470 g/mol. The number of hydrogen-bond donors (Lipinski definition) is 0. The first-order valence-electron chi connectivity index (χ1n) is 10.5. The summed E-state index contributed by atoms with van der Waals surface area (Å²) in [7, 11) is 0. The van der Waals surface area contributed by atoms with Crippen molar-refractivity contribution in [2.24, 2.45) is 0 Å². The maximum absolute atomic E-state index is 12.7. The van der Waals surface area contributed by atoms with Gasteiger partial charge in [-0.25, -0.2) is 0 Å². The zero-order valence-corrected chi connectivity index (χ0v) is 19.0. The van der Waals surface area contributed by atoms with Crippen molar-refractivity contribution in [2.45, 2.75) is 25.9 Å². The van der Waals surface area contributed by atoms with E-state index in [1.807, 2.05) is 36.4 Å². The third-order valence-electron chi connectivity index (χ3n) is 5.35. The first-order chi connectivity index (χ1) is 15.5. The fourth-order valence-electron chi connectivity index (χ4n) is 3.62. The van der Waals surface area contributed by atoms with Crippen molar-refractivity contribution in [3.8, 4) is 5.75 Å². The number of rotatable bonds is 6. The van der Waals surface area contributed by atoms with E-state index in [1.165, 1.54) is 0 Å². The van der Waals surface area contributed by atoms with Crippen LogP contribution in [0.2, 0.25) is 5.02 Å². The Morgan fingerprint density at radius 1 is 1.06 bits per heavy atom. The van der Waals surface area contributed by atoms with Crippen molar-refractivity contribution < 1.29 is 19.1 Å². The molecule has 4 rings (SSSR count). The summed E-state index contributed by atoms with van der Waals surface area (Å²) in [6.07, 6.45) is 4.70. The Kier molecular flexibility index (Phi) is 7.17. The van der Waals surface area contributed by atoms with Gasteiger partial charge in [-0.15, -0.1) is 0 Å². The first-order valence-corrected chi connectivity index (χ1v) is 11.7. The van der Waals surface area contributed by atoms with Gasteiger partial charge in [0.2, 0.25) is 5.91 Å². The Morgan fingerprint density at radius 3 is 2.53 bits per heavy atom. The number of halogens is 1. The molecule has 6 nitrogen and oxygen atoms in total. The van der Waals surface area contributed by atoms with Gasteiger partial charge in [0.15, 0.2) is 0 Å². The van der Waals surface area contributed by atoms with Gasteiger partial charge >= 0.3 is 0 Å². The number of carbonyl (C=O) groups is 3. The van der Waals surface area contributed by atoms with Gasteiger partial charge in [-0.3, -0.25) is 19.3 Å². The number of hydrogen-bond acceptors (Lipinski definition) is 5. The van der Waals surface area contributed by atoms with Gasteiger partial charge in [0.1, 0.15) is 18.9 Å². The Morgan fingerprint density at radius 2 is 1.81 bits per heavy atom. The van der Waals surface area contributed by atoms with E-state index < -0.39 is 11.1 Å². The highest BCUT2D eigenvalue weighted by Crippen LogP contribution is 2.32. The molecule has 3 amide bonds. The minimum Gasteiger partial charge on any atom is -0.489 e. The summed E-state index contributed by atoms with van der Waals surface area (Å²) in [5.74, 6) is 0.0865. The van der Waals surface area contributed by atoms with Crippen LogP contribution >= 0.6 is 23.4 Å². The van der Waals surface area contributed by atoms with Crippen LogP contribution in [0, 0.1) is 0 Å². The van der Waals surface area contributed by atoms with Gasteiger partial charge in [0.25, 0.3) is 11.1 Å². The molecule has 0 N–H and O–H groups in total. The molecule has 2 fully saturated rings. The number of piperidine rings is 1. The summed E-state index contributed by atoms with van der Waals surface area (Å²) < 4.78 is 5.77. The zero-order chi connectivity index (χ0) is 22.5. The Bertz CT molecular complexity index is 1050. The third-order valence-corrected chi connectivity index (χ3v) is 6.49. The van der Waals surface area contributed by atoms with Crippen molar-refractivity contribution in [3.05, 3.63) is 69.6 Å². The van der Waals surface area contributed by atoms with Crippen LogP contribution in [0.1, 0.15) is 30.4 Å². The smallest absolute Gasteiger partial charge is 0.294 e. The normalized spacial score (nSPS) is 17.8. The van der Waals surface area contributed by atoms with E-state index in [0.29, 0.717) is 35.4 Å². The Labute approximate surface area is 196 Å². The molecular formula is C24H23ClN2O4S. The van der Waals surface area contributed by atoms with Crippen molar-refractivity contribution in [3.63, 3.8) is 0 Å². The fourth-order valence-corrected chi connectivity index (χ4v) is 4.67. The molecule has 0 saturated carbocycles. The van der Waals surface area contributed by atoms with Crippen LogP contribution in [-0.2, 0) is 16.2 Å².